The minimum atomic E-state index is -0.0331. The number of aryl methyl sites for hydroxylation is 2. The number of hydrogen-bond acceptors (Lipinski definition) is 5. The molecule has 1 heterocycles. The lowest BCUT2D eigenvalue weighted by molar-refractivity contribution is 0.242. The number of hydrazine groups is 1. The van der Waals surface area contributed by atoms with Crippen molar-refractivity contribution in [2.24, 2.45) is 5.84 Å². The second-order valence-electron chi connectivity index (χ2n) is 5.02. The lowest BCUT2D eigenvalue weighted by Crippen LogP contribution is -2.28. The van der Waals surface area contributed by atoms with Gasteiger partial charge in [-0.25, -0.2) is 10.4 Å². The van der Waals surface area contributed by atoms with Gasteiger partial charge in [0.15, 0.2) is 0 Å². The molecule has 2 aromatic rings. The number of ether oxygens (including phenoxy) is 1. The fourth-order valence-electron chi connectivity index (χ4n) is 2.15. The summed E-state index contributed by atoms with van der Waals surface area (Å²) in [5, 5.41) is 1.05. The lowest BCUT2D eigenvalue weighted by atomic mass is 10.0. The molecule has 0 aliphatic carbocycles. The van der Waals surface area contributed by atoms with E-state index in [1.54, 1.807) is 11.3 Å². The topological polar surface area (TPSA) is 60.2 Å². The molecular formula is C15H21N3OS. The molecule has 2 rings (SSSR count). The molecule has 1 aromatic heterocycles. The van der Waals surface area contributed by atoms with Crippen molar-refractivity contribution >= 4 is 11.3 Å². The molecular weight excluding hydrogens is 270 g/mol. The molecule has 0 amide bonds. The van der Waals surface area contributed by atoms with Crippen LogP contribution in [-0.2, 0) is 0 Å². The molecule has 4 nitrogen and oxygen atoms in total. The number of hydrogen-bond donors (Lipinski definition) is 2. The molecule has 3 N–H and O–H groups in total. The van der Waals surface area contributed by atoms with Gasteiger partial charge in [0.2, 0.25) is 0 Å². The van der Waals surface area contributed by atoms with Crippen molar-refractivity contribution in [1.29, 1.82) is 0 Å². The number of aromatic nitrogens is 1. The van der Waals surface area contributed by atoms with E-state index >= 15 is 0 Å². The molecule has 5 heteroatoms. The summed E-state index contributed by atoms with van der Waals surface area (Å²) < 4.78 is 5.65. The van der Waals surface area contributed by atoms with Crippen molar-refractivity contribution in [3.8, 4) is 5.75 Å². The summed E-state index contributed by atoms with van der Waals surface area (Å²) in [7, 11) is 0. The summed E-state index contributed by atoms with van der Waals surface area (Å²) >= 11 is 1.67. The Morgan fingerprint density at radius 1 is 1.20 bits per heavy atom. The predicted molar refractivity (Wildman–Crippen MR) is 83.0 cm³/mol. The van der Waals surface area contributed by atoms with E-state index in [-0.39, 0.29) is 12.1 Å². The second kappa shape index (κ2) is 6.35. The maximum absolute atomic E-state index is 5.73. The lowest BCUT2D eigenvalue weighted by Gasteiger charge is -2.16. The third-order valence-electron chi connectivity index (χ3n) is 2.95. The molecule has 0 spiro atoms. The van der Waals surface area contributed by atoms with E-state index in [0.717, 1.165) is 26.9 Å². The summed E-state index contributed by atoms with van der Waals surface area (Å²) in [5.41, 5.74) is 5.01. The number of thiazole rings is 1. The van der Waals surface area contributed by atoms with Crippen LogP contribution in [0.25, 0.3) is 0 Å². The number of rotatable bonds is 5. The summed E-state index contributed by atoms with van der Waals surface area (Å²) in [4.78, 5) is 5.62. The van der Waals surface area contributed by atoms with Crippen molar-refractivity contribution in [3.63, 3.8) is 0 Å². The first-order chi connectivity index (χ1) is 9.51. The van der Waals surface area contributed by atoms with Crippen LogP contribution in [0.3, 0.4) is 0 Å². The van der Waals surface area contributed by atoms with Crippen LogP contribution in [0.2, 0.25) is 0 Å². The molecule has 1 aromatic carbocycles. The van der Waals surface area contributed by atoms with Gasteiger partial charge in [-0.3, -0.25) is 5.84 Å². The van der Waals surface area contributed by atoms with Crippen molar-refractivity contribution in [1.82, 2.24) is 10.4 Å². The highest BCUT2D eigenvalue weighted by atomic mass is 32.1. The highest BCUT2D eigenvalue weighted by Crippen LogP contribution is 2.30. The Morgan fingerprint density at radius 3 is 2.30 bits per heavy atom. The zero-order valence-corrected chi connectivity index (χ0v) is 13.1. The van der Waals surface area contributed by atoms with Gasteiger partial charge < -0.3 is 4.74 Å². The van der Waals surface area contributed by atoms with Crippen molar-refractivity contribution < 1.29 is 4.74 Å². The Labute approximate surface area is 124 Å². The average molecular weight is 291 g/mol. The fourth-order valence-corrected chi connectivity index (χ4v) is 3.17. The van der Waals surface area contributed by atoms with Crippen LogP contribution in [0.4, 0.5) is 0 Å². The Bertz CT molecular complexity index is 563. The van der Waals surface area contributed by atoms with Gasteiger partial charge in [0.25, 0.3) is 0 Å². The normalized spacial score (nSPS) is 12.7. The Hall–Kier alpha value is -1.43. The third-order valence-corrected chi connectivity index (χ3v) is 4.09. The standard InChI is InChI=1S/C15H21N3OS/c1-9(2)19-13-7-5-12(6-8-13)14(18-16)15-10(3)17-11(4)20-15/h5-9,14,18H,16H2,1-4H3. The minimum absolute atomic E-state index is 0.0331. The highest BCUT2D eigenvalue weighted by molar-refractivity contribution is 7.11. The SMILES string of the molecule is Cc1nc(C)c(C(NN)c2ccc(OC(C)C)cc2)s1. The van der Waals surface area contributed by atoms with Crippen LogP contribution in [0.15, 0.2) is 24.3 Å². The van der Waals surface area contributed by atoms with Crippen LogP contribution in [0.5, 0.6) is 5.75 Å². The average Bonchev–Trinajstić information content (AvgIpc) is 2.71. The smallest absolute Gasteiger partial charge is 0.119 e. The summed E-state index contributed by atoms with van der Waals surface area (Å²) in [6, 6.07) is 7.99. The molecule has 20 heavy (non-hydrogen) atoms. The van der Waals surface area contributed by atoms with Crippen molar-refractivity contribution in [2.75, 3.05) is 0 Å². The summed E-state index contributed by atoms with van der Waals surface area (Å²) in [5.74, 6) is 6.60. The maximum Gasteiger partial charge on any atom is 0.119 e. The van der Waals surface area contributed by atoms with Crippen LogP contribution in [-0.4, -0.2) is 11.1 Å². The third kappa shape index (κ3) is 3.36. The summed E-state index contributed by atoms with van der Waals surface area (Å²) in [6.45, 7) is 8.05. The van der Waals surface area contributed by atoms with Crippen LogP contribution in [0.1, 0.15) is 41.0 Å². The van der Waals surface area contributed by atoms with E-state index in [9.17, 15) is 0 Å². The molecule has 108 valence electrons. The first-order valence-electron chi connectivity index (χ1n) is 6.68. The van der Waals surface area contributed by atoms with E-state index in [4.69, 9.17) is 10.6 Å². The Kier molecular flexibility index (Phi) is 4.75. The zero-order chi connectivity index (χ0) is 14.7. The monoisotopic (exact) mass is 291 g/mol. The van der Waals surface area contributed by atoms with Gasteiger partial charge >= 0.3 is 0 Å². The van der Waals surface area contributed by atoms with E-state index in [1.165, 1.54) is 0 Å². The Balaban J connectivity index is 2.26. The van der Waals surface area contributed by atoms with Crippen LogP contribution >= 0.6 is 11.3 Å². The molecule has 0 fully saturated rings. The number of nitrogens with one attached hydrogen (secondary N) is 1. The molecule has 1 atom stereocenters. The zero-order valence-electron chi connectivity index (χ0n) is 12.3. The highest BCUT2D eigenvalue weighted by Gasteiger charge is 2.18. The molecule has 0 radical (unpaired) electrons. The van der Waals surface area contributed by atoms with E-state index < -0.39 is 0 Å². The first-order valence-corrected chi connectivity index (χ1v) is 7.49. The largest absolute Gasteiger partial charge is 0.491 e. The number of benzene rings is 1. The van der Waals surface area contributed by atoms with Crippen molar-refractivity contribution in [3.05, 3.63) is 45.4 Å². The van der Waals surface area contributed by atoms with Gasteiger partial charge in [0.1, 0.15) is 5.75 Å². The molecule has 0 saturated heterocycles. The van der Waals surface area contributed by atoms with Crippen molar-refractivity contribution in [2.45, 2.75) is 39.8 Å². The number of nitrogens with two attached hydrogens (primary N) is 1. The predicted octanol–water partition coefficient (Wildman–Crippen LogP) is 3.10. The van der Waals surface area contributed by atoms with Gasteiger partial charge in [-0.2, -0.15) is 0 Å². The molecule has 0 bridgehead atoms. The van der Waals surface area contributed by atoms with E-state index in [2.05, 4.69) is 10.4 Å². The van der Waals surface area contributed by atoms with Gasteiger partial charge in [-0.05, 0) is 45.4 Å². The minimum Gasteiger partial charge on any atom is -0.491 e. The van der Waals surface area contributed by atoms with E-state index in [1.807, 2.05) is 52.0 Å². The first kappa shape index (κ1) is 15.0. The Morgan fingerprint density at radius 2 is 1.85 bits per heavy atom. The van der Waals surface area contributed by atoms with E-state index in [0.29, 0.717) is 0 Å². The van der Waals surface area contributed by atoms with Gasteiger partial charge in [0.05, 0.1) is 27.7 Å². The molecule has 0 aliphatic heterocycles. The van der Waals surface area contributed by atoms with Gasteiger partial charge in [0, 0.05) is 0 Å². The van der Waals surface area contributed by atoms with Crippen LogP contribution < -0.4 is 16.0 Å². The second-order valence-corrected chi connectivity index (χ2v) is 6.25. The van der Waals surface area contributed by atoms with Gasteiger partial charge in [-0.15, -0.1) is 11.3 Å². The van der Waals surface area contributed by atoms with Gasteiger partial charge in [-0.1, -0.05) is 12.1 Å². The number of nitrogens with zero attached hydrogens (tertiary/aromatic N) is 1. The summed E-state index contributed by atoms with van der Waals surface area (Å²) in [6.07, 6.45) is 0.177. The quantitative estimate of drug-likeness (QED) is 0.656. The fraction of sp³-hybridized carbons (Fsp3) is 0.400. The molecule has 0 saturated carbocycles. The molecule has 1 unspecified atom stereocenters. The molecule has 0 aliphatic rings. The van der Waals surface area contributed by atoms with Crippen LogP contribution in [0, 0.1) is 13.8 Å². The maximum atomic E-state index is 5.73.